The van der Waals surface area contributed by atoms with E-state index in [2.05, 4.69) is 25.7 Å². The molecule has 11 heteroatoms. The van der Waals surface area contributed by atoms with E-state index in [0.717, 1.165) is 5.39 Å². The molecule has 0 spiro atoms. The molecule has 3 N–H and O–H groups in total. The Balaban J connectivity index is 1.55. The number of ether oxygens (including phenoxy) is 1. The lowest BCUT2D eigenvalue weighted by Gasteiger charge is -2.18. The predicted octanol–water partition coefficient (Wildman–Crippen LogP) is 3.83. The van der Waals surface area contributed by atoms with Crippen molar-refractivity contribution in [3.63, 3.8) is 0 Å². The Labute approximate surface area is 199 Å². The van der Waals surface area contributed by atoms with Gasteiger partial charge >= 0.3 is 6.09 Å². The van der Waals surface area contributed by atoms with Crippen molar-refractivity contribution in [1.29, 1.82) is 0 Å². The number of aryl methyl sites for hydroxylation is 1. The van der Waals surface area contributed by atoms with Crippen molar-refractivity contribution in [3.05, 3.63) is 77.0 Å². The fraction of sp³-hybridized carbons (Fsp3) is 0.217. The third-order valence-corrected chi connectivity index (χ3v) is 5.32. The molecule has 0 radical (unpaired) electrons. The van der Waals surface area contributed by atoms with Gasteiger partial charge in [0.25, 0.3) is 0 Å². The molecule has 2 aromatic carbocycles. The highest BCUT2D eigenvalue weighted by atomic mass is 35.5. The second kappa shape index (κ2) is 10.0. The van der Waals surface area contributed by atoms with Gasteiger partial charge in [0.2, 0.25) is 5.95 Å². The zero-order valence-corrected chi connectivity index (χ0v) is 19.1. The van der Waals surface area contributed by atoms with Crippen LogP contribution in [-0.2, 0) is 7.05 Å². The molecule has 176 valence electrons. The number of carbonyl (C=O) groups is 1. The van der Waals surface area contributed by atoms with Crippen LogP contribution in [0.1, 0.15) is 24.1 Å². The first-order chi connectivity index (χ1) is 16.3. The van der Waals surface area contributed by atoms with Crippen LogP contribution in [0.2, 0.25) is 5.02 Å². The molecule has 0 aliphatic carbocycles. The van der Waals surface area contributed by atoms with Crippen molar-refractivity contribution in [2.75, 3.05) is 11.9 Å². The summed E-state index contributed by atoms with van der Waals surface area (Å²) in [7, 11) is 1.74. The van der Waals surface area contributed by atoms with Crippen LogP contribution in [0.3, 0.4) is 0 Å². The minimum Gasteiger partial charge on any atom is -0.410 e. The molecule has 9 nitrogen and oxygen atoms in total. The summed E-state index contributed by atoms with van der Waals surface area (Å²) >= 11 is 5.81. The topological polar surface area (TPSA) is 114 Å². The van der Waals surface area contributed by atoms with Gasteiger partial charge in [0, 0.05) is 42.5 Å². The van der Waals surface area contributed by atoms with Gasteiger partial charge in [-0.1, -0.05) is 17.7 Å². The number of fused-ring (bicyclic) bond motifs is 1. The number of rotatable bonds is 7. The Morgan fingerprint density at radius 3 is 2.76 bits per heavy atom. The van der Waals surface area contributed by atoms with Gasteiger partial charge in [-0.15, -0.1) is 0 Å². The van der Waals surface area contributed by atoms with Gasteiger partial charge in [-0.05, 0) is 36.8 Å². The largest absolute Gasteiger partial charge is 0.413 e. The number of aliphatic hydroxyl groups is 1. The first-order valence-electron chi connectivity index (χ1n) is 10.4. The summed E-state index contributed by atoms with van der Waals surface area (Å²) in [6.07, 6.45) is 4.18. The molecule has 0 saturated heterocycles. The summed E-state index contributed by atoms with van der Waals surface area (Å²) in [6, 6.07) is 8.32. The molecule has 0 unspecified atom stereocenters. The first kappa shape index (κ1) is 23.4. The Kier molecular flexibility index (Phi) is 6.90. The highest BCUT2D eigenvalue weighted by molar-refractivity contribution is 6.30. The van der Waals surface area contributed by atoms with E-state index in [0.29, 0.717) is 22.6 Å². The second-order valence-electron chi connectivity index (χ2n) is 7.73. The molecule has 34 heavy (non-hydrogen) atoms. The maximum absolute atomic E-state index is 14.1. The Bertz CT molecular complexity index is 1330. The second-order valence-corrected chi connectivity index (χ2v) is 8.14. The van der Waals surface area contributed by atoms with E-state index >= 15 is 0 Å². The standard InChI is InChI=1S/C23H22ClFN6O3/c1-13(12-32)28-22-26-9-15-3-5-17(8-20(15)29-22)34-23(33)30-21(16-10-27-31(2)11-16)14-4-6-18(24)19(25)7-14/h3-11,13,21,32H,12H2,1-2H3,(H,30,33)(H,26,28,29)/t13-,21-/m0/s1. The van der Waals surface area contributed by atoms with Gasteiger partial charge < -0.3 is 20.5 Å². The molecular weight excluding hydrogens is 463 g/mol. The van der Waals surface area contributed by atoms with E-state index in [1.165, 1.54) is 12.1 Å². The molecule has 0 saturated carbocycles. The number of carbonyl (C=O) groups excluding carboxylic acids is 1. The minimum atomic E-state index is -0.745. The van der Waals surface area contributed by atoms with E-state index in [1.54, 1.807) is 61.5 Å². The van der Waals surface area contributed by atoms with E-state index < -0.39 is 18.0 Å². The Hall–Kier alpha value is -3.76. The number of aromatic nitrogens is 4. The highest BCUT2D eigenvalue weighted by Crippen LogP contribution is 2.26. The average molecular weight is 485 g/mol. The maximum atomic E-state index is 14.1. The van der Waals surface area contributed by atoms with E-state index in [-0.39, 0.29) is 23.4 Å². The number of benzene rings is 2. The normalized spacial score (nSPS) is 12.9. The molecule has 4 rings (SSSR count). The molecule has 2 atom stereocenters. The number of hydrogen-bond acceptors (Lipinski definition) is 7. The summed E-state index contributed by atoms with van der Waals surface area (Å²) in [5.74, 6) is 0.00602. The van der Waals surface area contributed by atoms with Crippen molar-refractivity contribution in [1.82, 2.24) is 25.1 Å². The van der Waals surface area contributed by atoms with Crippen molar-refractivity contribution >= 4 is 34.5 Å². The molecule has 0 aliphatic heterocycles. The van der Waals surface area contributed by atoms with Crippen LogP contribution in [0, 0.1) is 5.82 Å². The lowest BCUT2D eigenvalue weighted by molar-refractivity contribution is 0.198. The molecule has 0 aliphatic rings. The van der Waals surface area contributed by atoms with E-state index in [9.17, 15) is 14.3 Å². The van der Waals surface area contributed by atoms with Crippen LogP contribution in [-0.4, -0.2) is 43.6 Å². The lowest BCUT2D eigenvalue weighted by atomic mass is 10.0. The van der Waals surface area contributed by atoms with Gasteiger partial charge in [0.15, 0.2) is 0 Å². The Morgan fingerprint density at radius 2 is 2.06 bits per heavy atom. The number of aliphatic hydroxyl groups excluding tert-OH is 1. The van der Waals surface area contributed by atoms with Crippen LogP contribution in [0.25, 0.3) is 10.9 Å². The number of anilines is 1. The van der Waals surface area contributed by atoms with Crippen LogP contribution in [0.5, 0.6) is 5.75 Å². The lowest BCUT2D eigenvalue weighted by Crippen LogP contribution is -2.31. The van der Waals surface area contributed by atoms with Gasteiger partial charge in [-0.2, -0.15) is 5.10 Å². The van der Waals surface area contributed by atoms with Crippen LogP contribution >= 0.6 is 11.6 Å². The van der Waals surface area contributed by atoms with Crippen molar-refractivity contribution in [2.45, 2.75) is 19.0 Å². The molecular formula is C23H22ClFN6O3. The fourth-order valence-corrected chi connectivity index (χ4v) is 3.41. The number of halogens is 2. The molecule has 4 aromatic rings. The number of amides is 1. The highest BCUT2D eigenvalue weighted by Gasteiger charge is 2.21. The zero-order valence-electron chi connectivity index (χ0n) is 18.4. The number of nitrogens with zero attached hydrogens (tertiary/aromatic N) is 4. The van der Waals surface area contributed by atoms with Crippen molar-refractivity contribution in [3.8, 4) is 5.75 Å². The smallest absolute Gasteiger partial charge is 0.410 e. The molecule has 2 heterocycles. The third kappa shape index (κ3) is 5.41. The third-order valence-electron chi connectivity index (χ3n) is 5.01. The fourth-order valence-electron chi connectivity index (χ4n) is 3.30. The van der Waals surface area contributed by atoms with Gasteiger partial charge in [-0.3, -0.25) is 4.68 Å². The molecule has 1 amide bonds. The van der Waals surface area contributed by atoms with Crippen molar-refractivity contribution < 1.29 is 19.0 Å². The van der Waals surface area contributed by atoms with Crippen LogP contribution < -0.4 is 15.4 Å². The predicted molar refractivity (Wildman–Crippen MR) is 125 cm³/mol. The number of nitrogens with one attached hydrogen (secondary N) is 2. The Morgan fingerprint density at radius 1 is 1.24 bits per heavy atom. The minimum absolute atomic E-state index is 0.0170. The summed E-state index contributed by atoms with van der Waals surface area (Å²) in [5, 5.41) is 19.8. The van der Waals surface area contributed by atoms with Gasteiger partial charge in [0.1, 0.15) is 11.6 Å². The maximum Gasteiger partial charge on any atom is 0.413 e. The monoisotopic (exact) mass is 484 g/mol. The molecule has 0 fully saturated rings. The summed E-state index contributed by atoms with van der Waals surface area (Å²) in [5.41, 5.74) is 1.67. The van der Waals surface area contributed by atoms with Crippen molar-refractivity contribution in [2.24, 2.45) is 7.05 Å². The van der Waals surface area contributed by atoms with Crippen LogP contribution in [0.15, 0.2) is 55.0 Å². The SMILES string of the molecule is C[C@@H](CO)Nc1ncc2ccc(OC(=O)N[C@@H](c3ccc(Cl)c(F)c3)c3cnn(C)c3)cc2n1. The van der Waals surface area contributed by atoms with Gasteiger partial charge in [0.05, 0.1) is 29.4 Å². The van der Waals surface area contributed by atoms with E-state index in [4.69, 9.17) is 16.3 Å². The summed E-state index contributed by atoms with van der Waals surface area (Å²) < 4.78 is 21.2. The summed E-state index contributed by atoms with van der Waals surface area (Å²) in [6.45, 7) is 1.73. The molecule has 2 aromatic heterocycles. The van der Waals surface area contributed by atoms with Crippen LogP contribution in [0.4, 0.5) is 15.1 Å². The first-order valence-corrected chi connectivity index (χ1v) is 10.8. The van der Waals surface area contributed by atoms with Gasteiger partial charge in [-0.25, -0.2) is 19.2 Å². The molecule has 0 bridgehead atoms. The quantitative estimate of drug-likeness (QED) is 0.365. The zero-order chi connectivity index (χ0) is 24.2. The number of hydrogen-bond donors (Lipinski definition) is 3. The summed E-state index contributed by atoms with van der Waals surface area (Å²) in [4.78, 5) is 21.4. The van der Waals surface area contributed by atoms with E-state index in [1.807, 2.05) is 0 Å². The average Bonchev–Trinajstić information content (AvgIpc) is 3.25.